The molecule has 2 aromatic rings. The first-order valence-corrected chi connectivity index (χ1v) is 9.80. The van der Waals surface area contributed by atoms with Gasteiger partial charge in [-0.2, -0.15) is 0 Å². The van der Waals surface area contributed by atoms with Gasteiger partial charge in [-0.1, -0.05) is 23.7 Å². The van der Waals surface area contributed by atoms with Crippen LogP contribution in [0.15, 0.2) is 42.5 Å². The lowest BCUT2D eigenvalue weighted by Gasteiger charge is -2.30. The van der Waals surface area contributed by atoms with Crippen LogP contribution >= 0.6 is 11.6 Å². The minimum absolute atomic E-state index is 0.0174. The molecule has 0 bridgehead atoms. The Morgan fingerprint density at radius 3 is 2.43 bits per heavy atom. The Labute approximate surface area is 170 Å². The molecular formula is C22H25ClN2O3. The summed E-state index contributed by atoms with van der Waals surface area (Å²) in [5.41, 5.74) is 3.41. The number of carbonyl (C=O) groups excluding carboxylic acids is 2. The highest BCUT2D eigenvalue weighted by Crippen LogP contribution is 2.21. The number of hydrogen-bond acceptors (Lipinski definition) is 4. The second-order valence-corrected chi connectivity index (χ2v) is 7.60. The van der Waals surface area contributed by atoms with Crippen molar-refractivity contribution >= 4 is 29.2 Å². The molecule has 1 N–H and O–H groups in total. The summed E-state index contributed by atoms with van der Waals surface area (Å²) in [4.78, 5) is 26.4. The van der Waals surface area contributed by atoms with Gasteiger partial charge in [-0.3, -0.25) is 14.5 Å². The fourth-order valence-corrected chi connectivity index (χ4v) is 3.56. The van der Waals surface area contributed by atoms with Gasteiger partial charge in [0.25, 0.3) is 5.91 Å². The van der Waals surface area contributed by atoms with Crippen molar-refractivity contribution in [1.82, 2.24) is 4.90 Å². The molecule has 0 atom stereocenters. The molecule has 1 aliphatic heterocycles. The number of benzene rings is 2. The smallest absolute Gasteiger partial charge is 0.308 e. The Morgan fingerprint density at radius 2 is 1.82 bits per heavy atom. The number of nitrogens with zero attached hydrogens (tertiary/aromatic N) is 1. The summed E-state index contributed by atoms with van der Waals surface area (Å²) in [5.74, 6) is -0.234. The average molecular weight is 401 g/mol. The van der Waals surface area contributed by atoms with Crippen LogP contribution < -0.4 is 5.32 Å². The Hall–Kier alpha value is -2.37. The maximum Gasteiger partial charge on any atom is 0.308 e. The van der Waals surface area contributed by atoms with Crippen LogP contribution in [0, 0.1) is 12.8 Å². The number of ether oxygens (including phenoxy) is 1. The summed E-state index contributed by atoms with van der Waals surface area (Å²) in [6, 6.07) is 13.1. The maximum absolute atomic E-state index is 12.4. The number of hydrogen-bond donors (Lipinski definition) is 1. The predicted octanol–water partition coefficient (Wildman–Crippen LogP) is 4.29. The number of amides is 1. The number of esters is 1. The third kappa shape index (κ3) is 5.12. The molecule has 1 fully saturated rings. The van der Waals surface area contributed by atoms with Crippen molar-refractivity contribution in [1.29, 1.82) is 0 Å². The van der Waals surface area contributed by atoms with E-state index in [1.54, 1.807) is 12.1 Å². The molecule has 0 unspecified atom stereocenters. The molecular weight excluding hydrogens is 376 g/mol. The van der Waals surface area contributed by atoms with Gasteiger partial charge in [-0.25, -0.2) is 0 Å². The van der Waals surface area contributed by atoms with E-state index in [1.807, 2.05) is 37.3 Å². The molecule has 1 aliphatic rings. The fraction of sp³-hybridized carbons (Fsp3) is 0.364. The highest BCUT2D eigenvalue weighted by molar-refractivity contribution is 6.31. The van der Waals surface area contributed by atoms with Crippen molar-refractivity contribution in [2.24, 2.45) is 5.92 Å². The molecule has 1 amide bonds. The van der Waals surface area contributed by atoms with Crippen LogP contribution in [-0.4, -0.2) is 37.0 Å². The van der Waals surface area contributed by atoms with Crippen LogP contribution in [0.2, 0.25) is 5.02 Å². The van der Waals surface area contributed by atoms with Crippen LogP contribution in [-0.2, 0) is 16.1 Å². The molecule has 5 nitrogen and oxygen atoms in total. The predicted molar refractivity (Wildman–Crippen MR) is 111 cm³/mol. The number of nitrogens with one attached hydrogen (secondary N) is 1. The number of halogens is 1. The van der Waals surface area contributed by atoms with Gasteiger partial charge in [-0.05, 0) is 74.3 Å². The zero-order valence-electron chi connectivity index (χ0n) is 16.2. The summed E-state index contributed by atoms with van der Waals surface area (Å²) in [5, 5.41) is 3.57. The fourth-order valence-electron chi connectivity index (χ4n) is 3.44. The SMILES string of the molecule is COC(=O)C1CCN(Cc2ccc(C(=O)Nc3ccc(Cl)c(C)c3)cc2)CC1. The Morgan fingerprint density at radius 1 is 1.14 bits per heavy atom. The quantitative estimate of drug-likeness (QED) is 0.761. The van der Waals surface area contributed by atoms with Crippen LogP contribution in [0.5, 0.6) is 0 Å². The van der Waals surface area contributed by atoms with E-state index in [0.717, 1.165) is 49.3 Å². The second-order valence-electron chi connectivity index (χ2n) is 7.19. The standard InChI is InChI=1S/C22H25ClN2O3/c1-15-13-19(7-8-20(15)23)24-21(26)17-5-3-16(4-6-17)14-25-11-9-18(10-12-25)22(27)28-2/h3-8,13,18H,9-12,14H2,1-2H3,(H,24,26). The van der Waals surface area contributed by atoms with E-state index >= 15 is 0 Å². The van der Waals surface area contributed by atoms with Gasteiger partial charge in [0, 0.05) is 22.8 Å². The highest BCUT2D eigenvalue weighted by atomic mass is 35.5. The Bertz CT molecular complexity index is 843. The normalized spacial score (nSPS) is 15.2. The molecule has 0 spiro atoms. The number of anilines is 1. The lowest BCUT2D eigenvalue weighted by atomic mass is 9.96. The number of carbonyl (C=O) groups is 2. The van der Waals surface area contributed by atoms with Crippen molar-refractivity contribution in [3.8, 4) is 0 Å². The number of rotatable bonds is 5. The van der Waals surface area contributed by atoms with E-state index in [1.165, 1.54) is 7.11 Å². The number of aryl methyl sites for hydroxylation is 1. The highest BCUT2D eigenvalue weighted by Gasteiger charge is 2.25. The Kier molecular flexibility index (Phi) is 6.70. The topological polar surface area (TPSA) is 58.6 Å². The maximum atomic E-state index is 12.4. The third-order valence-corrected chi connectivity index (χ3v) is 5.58. The van der Waals surface area contributed by atoms with E-state index in [4.69, 9.17) is 16.3 Å². The first-order valence-electron chi connectivity index (χ1n) is 9.43. The second kappa shape index (κ2) is 9.22. The van der Waals surface area contributed by atoms with Crippen LogP contribution in [0.4, 0.5) is 5.69 Å². The van der Waals surface area contributed by atoms with Crippen LogP contribution in [0.1, 0.15) is 34.3 Å². The molecule has 0 aliphatic carbocycles. The zero-order valence-corrected chi connectivity index (χ0v) is 17.0. The molecule has 6 heteroatoms. The number of likely N-dealkylation sites (tertiary alicyclic amines) is 1. The lowest BCUT2D eigenvalue weighted by Crippen LogP contribution is -2.36. The Balaban J connectivity index is 1.54. The van der Waals surface area contributed by atoms with Crippen molar-refractivity contribution in [3.05, 3.63) is 64.2 Å². The van der Waals surface area contributed by atoms with Crippen LogP contribution in [0.25, 0.3) is 0 Å². The van der Waals surface area contributed by atoms with E-state index in [9.17, 15) is 9.59 Å². The monoisotopic (exact) mass is 400 g/mol. The molecule has 148 valence electrons. The molecule has 3 rings (SSSR count). The molecule has 0 saturated carbocycles. The van der Waals surface area contributed by atoms with Crippen molar-refractivity contribution in [2.75, 3.05) is 25.5 Å². The minimum atomic E-state index is -0.146. The molecule has 0 aromatic heterocycles. The van der Waals surface area contributed by atoms with E-state index in [-0.39, 0.29) is 17.8 Å². The van der Waals surface area contributed by atoms with E-state index in [2.05, 4.69) is 10.2 Å². The van der Waals surface area contributed by atoms with Gasteiger partial charge in [0.2, 0.25) is 0 Å². The van der Waals surface area contributed by atoms with Gasteiger partial charge in [0.15, 0.2) is 0 Å². The van der Waals surface area contributed by atoms with Crippen LogP contribution in [0.3, 0.4) is 0 Å². The number of piperidine rings is 1. The largest absolute Gasteiger partial charge is 0.469 e. The van der Waals surface area contributed by atoms with Gasteiger partial charge in [0.05, 0.1) is 13.0 Å². The molecule has 1 heterocycles. The average Bonchev–Trinajstić information content (AvgIpc) is 2.71. The summed E-state index contributed by atoms with van der Waals surface area (Å²) in [6.07, 6.45) is 1.65. The summed E-state index contributed by atoms with van der Waals surface area (Å²) < 4.78 is 4.83. The van der Waals surface area contributed by atoms with Gasteiger partial charge in [0.1, 0.15) is 0 Å². The third-order valence-electron chi connectivity index (χ3n) is 5.16. The first-order chi connectivity index (χ1) is 13.5. The molecule has 2 aromatic carbocycles. The van der Waals surface area contributed by atoms with Gasteiger partial charge >= 0.3 is 5.97 Å². The first kappa shape index (κ1) is 20.4. The zero-order chi connectivity index (χ0) is 20.1. The minimum Gasteiger partial charge on any atom is -0.469 e. The van der Waals surface area contributed by atoms with E-state index in [0.29, 0.717) is 10.6 Å². The molecule has 28 heavy (non-hydrogen) atoms. The lowest BCUT2D eigenvalue weighted by molar-refractivity contribution is -0.147. The van der Waals surface area contributed by atoms with Gasteiger partial charge < -0.3 is 10.1 Å². The van der Waals surface area contributed by atoms with Gasteiger partial charge in [-0.15, -0.1) is 0 Å². The number of methoxy groups -OCH3 is 1. The summed E-state index contributed by atoms with van der Waals surface area (Å²) in [6.45, 7) is 4.46. The van der Waals surface area contributed by atoms with Crippen molar-refractivity contribution < 1.29 is 14.3 Å². The van der Waals surface area contributed by atoms with E-state index < -0.39 is 0 Å². The summed E-state index contributed by atoms with van der Waals surface area (Å²) in [7, 11) is 1.44. The van der Waals surface area contributed by atoms with Crippen molar-refractivity contribution in [2.45, 2.75) is 26.3 Å². The molecule has 0 radical (unpaired) electrons. The molecule has 1 saturated heterocycles. The van der Waals surface area contributed by atoms with Crippen molar-refractivity contribution in [3.63, 3.8) is 0 Å². The summed E-state index contributed by atoms with van der Waals surface area (Å²) >= 11 is 6.02.